The number of fused-ring (bicyclic) bond motifs is 1. The van der Waals surface area contributed by atoms with E-state index in [2.05, 4.69) is 47.2 Å². The molecule has 34 heavy (non-hydrogen) atoms. The zero-order valence-corrected chi connectivity index (χ0v) is 21.2. The van der Waals surface area contributed by atoms with Crippen LogP contribution in [0.25, 0.3) is 0 Å². The Labute approximate surface area is 205 Å². The summed E-state index contributed by atoms with van der Waals surface area (Å²) in [6, 6.07) is 8.99. The van der Waals surface area contributed by atoms with Crippen LogP contribution in [0.4, 0.5) is 0 Å². The number of aryl methyl sites for hydroxylation is 1. The molecule has 1 N–H and O–H groups in total. The van der Waals surface area contributed by atoms with Gasteiger partial charge in [-0.15, -0.1) is 0 Å². The largest absolute Gasteiger partial charge is 0.493 e. The maximum atomic E-state index is 13.3. The van der Waals surface area contributed by atoms with Crippen LogP contribution in [0, 0.1) is 5.41 Å². The molecule has 2 saturated heterocycles. The number of nitrogens with one attached hydrogen (secondary N) is 1. The second kappa shape index (κ2) is 11.6. The molecule has 2 unspecified atom stereocenters. The van der Waals surface area contributed by atoms with Crippen LogP contribution in [0.5, 0.6) is 5.75 Å². The van der Waals surface area contributed by atoms with Crippen molar-refractivity contribution in [2.45, 2.75) is 90.1 Å². The second-order valence-electron chi connectivity index (χ2n) is 10.8. The number of carbonyl (C=O) groups is 2. The highest BCUT2D eigenvalue weighted by atomic mass is 16.5. The molecular formula is C28H43N3O3. The molecule has 0 bridgehead atoms. The molecule has 1 aromatic carbocycles. The minimum atomic E-state index is -0.306. The minimum Gasteiger partial charge on any atom is -0.493 e. The van der Waals surface area contributed by atoms with E-state index in [9.17, 15) is 9.59 Å². The molecule has 0 aliphatic carbocycles. The summed E-state index contributed by atoms with van der Waals surface area (Å²) in [5, 5.41) is 3.21. The van der Waals surface area contributed by atoms with Gasteiger partial charge in [0.25, 0.3) is 0 Å². The summed E-state index contributed by atoms with van der Waals surface area (Å²) in [5.41, 5.74) is 0.962. The first kappa shape index (κ1) is 25.0. The third kappa shape index (κ3) is 5.94. The number of rotatable bonds is 2. The molecule has 188 valence electrons. The predicted molar refractivity (Wildman–Crippen MR) is 135 cm³/mol. The van der Waals surface area contributed by atoms with Crippen LogP contribution in [0.15, 0.2) is 24.3 Å². The monoisotopic (exact) mass is 469 g/mol. The number of para-hydroxylation sites is 1. The van der Waals surface area contributed by atoms with Crippen molar-refractivity contribution in [1.29, 1.82) is 0 Å². The van der Waals surface area contributed by atoms with Crippen LogP contribution in [0.3, 0.4) is 0 Å². The summed E-state index contributed by atoms with van der Waals surface area (Å²) in [6.45, 7) is 7.76. The van der Waals surface area contributed by atoms with E-state index in [0.29, 0.717) is 31.8 Å². The number of likely N-dealkylation sites (tertiary alicyclic amines) is 2. The van der Waals surface area contributed by atoms with Crippen molar-refractivity contribution in [2.24, 2.45) is 5.41 Å². The number of carbonyl (C=O) groups excluding carboxylic acids is 2. The van der Waals surface area contributed by atoms with Gasteiger partial charge in [0.1, 0.15) is 5.75 Å². The van der Waals surface area contributed by atoms with E-state index in [1.807, 2.05) is 6.07 Å². The zero-order valence-electron chi connectivity index (χ0n) is 21.2. The second-order valence-corrected chi connectivity index (χ2v) is 10.8. The summed E-state index contributed by atoms with van der Waals surface area (Å²) in [7, 11) is 0. The predicted octanol–water partition coefficient (Wildman–Crippen LogP) is 4.17. The number of hydrogen-bond donors (Lipinski definition) is 1. The number of ether oxygens (including phenoxy) is 1. The number of nitrogens with zero attached hydrogens (tertiary/aromatic N) is 2. The van der Waals surface area contributed by atoms with Crippen LogP contribution >= 0.6 is 0 Å². The summed E-state index contributed by atoms with van der Waals surface area (Å²) >= 11 is 0. The van der Waals surface area contributed by atoms with E-state index in [1.54, 1.807) is 0 Å². The van der Waals surface area contributed by atoms with E-state index < -0.39 is 0 Å². The van der Waals surface area contributed by atoms with Crippen LogP contribution in [0.1, 0.15) is 77.2 Å². The Morgan fingerprint density at radius 3 is 2.53 bits per heavy atom. The highest BCUT2D eigenvalue weighted by Gasteiger charge is 2.41. The Morgan fingerprint density at radius 1 is 1.03 bits per heavy atom. The maximum absolute atomic E-state index is 13.3. The van der Waals surface area contributed by atoms with Crippen LogP contribution in [-0.4, -0.2) is 66.5 Å². The van der Waals surface area contributed by atoms with E-state index in [-0.39, 0.29) is 17.2 Å². The summed E-state index contributed by atoms with van der Waals surface area (Å²) in [6.07, 6.45) is 9.91. The highest BCUT2D eigenvalue weighted by Crippen LogP contribution is 2.38. The molecule has 3 heterocycles. The fourth-order valence-electron chi connectivity index (χ4n) is 6.19. The quantitative estimate of drug-likeness (QED) is 0.706. The molecule has 2 fully saturated rings. The average Bonchev–Trinajstić information content (AvgIpc) is 2.84. The van der Waals surface area contributed by atoms with Crippen molar-refractivity contribution in [1.82, 2.24) is 15.1 Å². The third-order valence-electron chi connectivity index (χ3n) is 8.32. The first-order valence-electron chi connectivity index (χ1n) is 13.5. The van der Waals surface area contributed by atoms with Crippen molar-refractivity contribution in [3.63, 3.8) is 0 Å². The molecule has 6 heteroatoms. The van der Waals surface area contributed by atoms with Crippen LogP contribution in [-0.2, 0) is 16.0 Å². The van der Waals surface area contributed by atoms with Gasteiger partial charge in [-0.25, -0.2) is 0 Å². The Morgan fingerprint density at radius 2 is 1.76 bits per heavy atom. The Balaban J connectivity index is 1.35. The van der Waals surface area contributed by atoms with Gasteiger partial charge < -0.3 is 15.0 Å². The smallest absolute Gasteiger partial charge is 0.237 e. The first-order chi connectivity index (χ1) is 16.5. The molecule has 3 aliphatic rings. The molecule has 1 spiro atoms. The fraction of sp³-hybridized carbons (Fsp3) is 0.714. The summed E-state index contributed by atoms with van der Waals surface area (Å²) < 4.78 is 6.00. The topological polar surface area (TPSA) is 61.9 Å². The minimum absolute atomic E-state index is 0.202. The molecule has 0 saturated carbocycles. The lowest BCUT2D eigenvalue weighted by Crippen LogP contribution is -2.54. The average molecular weight is 470 g/mol. The molecule has 0 aromatic heterocycles. The van der Waals surface area contributed by atoms with Gasteiger partial charge in [-0.1, -0.05) is 24.6 Å². The molecule has 6 nitrogen and oxygen atoms in total. The first-order valence-corrected chi connectivity index (χ1v) is 13.5. The summed E-state index contributed by atoms with van der Waals surface area (Å²) in [4.78, 5) is 30.8. The van der Waals surface area contributed by atoms with Gasteiger partial charge in [-0.05, 0) is 96.4 Å². The Kier molecular flexibility index (Phi) is 8.51. The number of benzene rings is 1. The van der Waals surface area contributed by atoms with Gasteiger partial charge in [0, 0.05) is 18.6 Å². The lowest BCUT2D eigenvalue weighted by atomic mass is 9.73. The van der Waals surface area contributed by atoms with Crippen molar-refractivity contribution >= 4 is 11.8 Å². The molecule has 3 aliphatic heterocycles. The number of piperidine rings is 2. The van der Waals surface area contributed by atoms with E-state index in [4.69, 9.17) is 4.74 Å². The third-order valence-corrected chi connectivity index (χ3v) is 8.32. The Hall–Kier alpha value is -2.08. The van der Waals surface area contributed by atoms with Gasteiger partial charge in [0.05, 0.1) is 18.6 Å². The van der Waals surface area contributed by atoms with E-state index in [1.165, 1.54) is 12.0 Å². The molecule has 0 radical (unpaired) electrons. The maximum Gasteiger partial charge on any atom is 0.237 e. The lowest BCUT2D eigenvalue weighted by Gasteiger charge is -2.43. The van der Waals surface area contributed by atoms with Crippen LogP contribution in [0.2, 0.25) is 0 Å². The van der Waals surface area contributed by atoms with Crippen molar-refractivity contribution in [3.8, 4) is 5.75 Å². The lowest BCUT2D eigenvalue weighted by molar-refractivity contribution is -0.140. The molecule has 2 amide bonds. The van der Waals surface area contributed by atoms with E-state index in [0.717, 1.165) is 76.6 Å². The summed E-state index contributed by atoms with van der Waals surface area (Å²) in [5.74, 6) is 1.44. The fourth-order valence-corrected chi connectivity index (χ4v) is 6.19. The number of hydrogen-bond acceptors (Lipinski definition) is 4. The van der Waals surface area contributed by atoms with Gasteiger partial charge >= 0.3 is 0 Å². The normalized spacial score (nSPS) is 26.9. The van der Waals surface area contributed by atoms with Crippen LogP contribution < -0.4 is 10.1 Å². The van der Waals surface area contributed by atoms with Crippen molar-refractivity contribution < 1.29 is 14.3 Å². The molecule has 4 rings (SSSR count). The SMILES string of the molecule is CC1CCCC(C)N1C(=O)CN1CCC2(CCCCc3ccccc3OCCCNC2=O)CC1. The molecule has 1 aromatic rings. The van der Waals surface area contributed by atoms with Gasteiger partial charge in [0.15, 0.2) is 0 Å². The highest BCUT2D eigenvalue weighted by molar-refractivity contribution is 5.83. The molecule has 2 atom stereocenters. The zero-order chi connectivity index (χ0) is 24.0. The van der Waals surface area contributed by atoms with E-state index >= 15 is 0 Å². The van der Waals surface area contributed by atoms with Gasteiger partial charge in [-0.3, -0.25) is 14.5 Å². The van der Waals surface area contributed by atoms with Gasteiger partial charge in [0.2, 0.25) is 11.8 Å². The van der Waals surface area contributed by atoms with Crippen molar-refractivity contribution in [3.05, 3.63) is 29.8 Å². The number of amides is 2. The Bertz CT molecular complexity index is 824. The molecular weight excluding hydrogens is 426 g/mol. The standard InChI is InChI=1S/C28H43N3O3/c1-22-9-7-10-23(2)31(22)26(32)21-30-18-15-28(16-19-30)14-6-5-12-24-11-3-4-13-25(24)34-20-8-17-29-27(28)33/h3-4,11,13,22-23H,5-10,12,14-21H2,1-2H3,(H,29,33). The van der Waals surface area contributed by atoms with Crippen molar-refractivity contribution in [2.75, 3.05) is 32.8 Å². The van der Waals surface area contributed by atoms with Gasteiger partial charge in [-0.2, -0.15) is 0 Å².